The Hall–Kier alpha value is -1.61. The van der Waals surface area contributed by atoms with Crippen LogP contribution in [0.2, 0.25) is 0 Å². The first-order chi connectivity index (χ1) is 11.5. The van der Waals surface area contributed by atoms with Gasteiger partial charge in [-0.15, -0.1) is 0 Å². The van der Waals surface area contributed by atoms with Crippen molar-refractivity contribution in [3.63, 3.8) is 0 Å². The number of hydrogen-bond donors (Lipinski definition) is 0. The highest BCUT2D eigenvalue weighted by atomic mass is 16.5. The lowest BCUT2D eigenvalue weighted by Gasteiger charge is -2.40. The molecule has 2 rings (SSSR count). The molecular formula is C21H32NO2+. The fourth-order valence-electron chi connectivity index (χ4n) is 3.52. The topological polar surface area (TPSA) is 26.3 Å². The summed E-state index contributed by atoms with van der Waals surface area (Å²) < 4.78 is 6.07. The van der Waals surface area contributed by atoms with E-state index in [1.54, 1.807) is 0 Å². The molecule has 1 fully saturated rings. The maximum absolute atomic E-state index is 12.0. The van der Waals surface area contributed by atoms with E-state index in [0.29, 0.717) is 13.2 Å². The second-order valence-electron chi connectivity index (χ2n) is 7.21. The predicted octanol–water partition coefficient (Wildman–Crippen LogP) is 4.05. The fraction of sp³-hybridized carbons (Fsp3) is 0.571. The van der Waals surface area contributed by atoms with Gasteiger partial charge in [-0.05, 0) is 58.1 Å². The number of carbonyl (C=O) groups is 1. The van der Waals surface area contributed by atoms with E-state index in [9.17, 15) is 4.79 Å². The van der Waals surface area contributed by atoms with Gasteiger partial charge in [0, 0.05) is 0 Å². The lowest BCUT2D eigenvalue weighted by molar-refractivity contribution is -0.920. The average Bonchev–Trinajstić information content (AvgIpc) is 2.56. The number of allylic oxidation sites excluding steroid dienone is 1. The zero-order valence-corrected chi connectivity index (χ0v) is 15.5. The van der Waals surface area contributed by atoms with Crippen molar-refractivity contribution in [2.24, 2.45) is 0 Å². The number of hydrogen-bond acceptors (Lipinski definition) is 2. The first kappa shape index (κ1) is 18.7. The first-order valence-corrected chi connectivity index (χ1v) is 9.25. The smallest absolute Gasteiger partial charge is 0.361 e. The van der Waals surface area contributed by atoms with E-state index in [0.717, 1.165) is 30.5 Å². The average molecular weight is 330 g/mol. The molecule has 3 nitrogen and oxygen atoms in total. The SMILES string of the molecule is CCOC(=O)C[N+]1(C/C=C(/C)Cc2ccc(C)cc2)CCCCC1. The van der Waals surface area contributed by atoms with Gasteiger partial charge in [-0.3, -0.25) is 0 Å². The van der Waals surface area contributed by atoms with E-state index in [-0.39, 0.29) is 5.97 Å². The van der Waals surface area contributed by atoms with Crippen LogP contribution in [0.4, 0.5) is 0 Å². The molecule has 1 aromatic carbocycles. The zero-order valence-electron chi connectivity index (χ0n) is 15.5. The Labute approximate surface area is 146 Å². The monoisotopic (exact) mass is 330 g/mol. The first-order valence-electron chi connectivity index (χ1n) is 9.25. The molecule has 0 spiro atoms. The summed E-state index contributed by atoms with van der Waals surface area (Å²) in [5.74, 6) is -0.0519. The minimum atomic E-state index is -0.0519. The van der Waals surface area contributed by atoms with Crippen LogP contribution in [0.5, 0.6) is 0 Å². The molecule has 0 aromatic heterocycles. The summed E-state index contributed by atoms with van der Waals surface area (Å²) in [5, 5.41) is 0. The highest BCUT2D eigenvalue weighted by molar-refractivity contribution is 5.70. The number of ether oxygens (including phenoxy) is 1. The van der Waals surface area contributed by atoms with Crippen molar-refractivity contribution < 1.29 is 14.0 Å². The van der Waals surface area contributed by atoms with Crippen molar-refractivity contribution >= 4 is 5.97 Å². The van der Waals surface area contributed by atoms with Crippen LogP contribution in [0.15, 0.2) is 35.9 Å². The zero-order chi connectivity index (χ0) is 17.4. The fourth-order valence-corrected chi connectivity index (χ4v) is 3.52. The van der Waals surface area contributed by atoms with Gasteiger partial charge in [0.15, 0.2) is 6.54 Å². The number of nitrogens with zero attached hydrogens (tertiary/aromatic N) is 1. The van der Waals surface area contributed by atoms with Crippen LogP contribution >= 0.6 is 0 Å². The Morgan fingerprint density at radius 1 is 1.17 bits per heavy atom. The maximum atomic E-state index is 12.0. The number of piperidine rings is 1. The molecule has 3 heteroatoms. The molecule has 0 aliphatic carbocycles. The van der Waals surface area contributed by atoms with Gasteiger partial charge in [0.1, 0.15) is 0 Å². The number of likely N-dealkylation sites (tertiary alicyclic amines) is 1. The molecule has 1 aliphatic heterocycles. The number of esters is 1. The Balaban J connectivity index is 1.99. The van der Waals surface area contributed by atoms with Crippen molar-refractivity contribution in [3.8, 4) is 0 Å². The molecule has 0 unspecified atom stereocenters. The molecule has 24 heavy (non-hydrogen) atoms. The normalized spacial score (nSPS) is 17.5. The molecule has 0 amide bonds. The summed E-state index contributed by atoms with van der Waals surface area (Å²) in [5.41, 5.74) is 4.03. The number of benzene rings is 1. The third-order valence-corrected chi connectivity index (χ3v) is 4.97. The minimum Gasteiger partial charge on any atom is -0.462 e. The summed E-state index contributed by atoms with van der Waals surface area (Å²) in [6.45, 7) is 10.3. The largest absolute Gasteiger partial charge is 0.462 e. The van der Waals surface area contributed by atoms with E-state index in [2.05, 4.69) is 44.2 Å². The summed E-state index contributed by atoms with van der Waals surface area (Å²) in [7, 11) is 0. The van der Waals surface area contributed by atoms with Crippen LogP contribution in [-0.4, -0.2) is 43.2 Å². The molecule has 0 N–H and O–H groups in total. The molecule has 1 heterocycles. The third-order valence-electron chi connectivity index (χ3n) is 4.97. The molecule has 1 saturated heterocycles. The lowest BCUT2D eigenvalue weighted by Crippen LogP contribution is -2.54. The van der Waals surface area contributed by atoms with Crippen LogP contribution in [0.25, 0.3) is 0 Å². The minimum absolute atomic E-state index is 0.0519. The summed E-state index contributed by atoms with van der Waals surface area (Å²) in [4.78, 5) is 12.0. The number of rotatable bonds is 7. The van der Waals surface area contributed by atoms with Crippen LogP contribution in [-0.2, 0) is 16.0 Å². The molecule has 0 bridgehead atoms. The van der Waals surface area contributed by atoms with E-state index in [4.69, 9.17) is 4.74 Å². The van der Waals surface area contributed by atoms with E-state index in [1.807, 2.05) is 6.92 Å². The summed E-state index contributed by atoms with van der Waals surface area (Å²) >= 11 is 0. The number of carbonyl (C=O) groups excluding carboxylic acids is 1. The van der Waals surface area contributed by atoms with Gasteiger partial charge in [-0.25, -0.2) is 4.79 Å². The Bertz CT molecular complexity index is 554. The van der Waals surface area contributed by atoms with E-state index >= 15 is 0 Å². The molecular weight excluding hydrogens is 298 g/mol. The van der Waals surface area contributed by atoms with E-state index in [1.165, 1.54) is 36.0 Å². The third kappa shape index (κ3) is 5.79. The predicted molar refractivity (Wildman–Crippen MR) is 98.9 cm³/mol. The van der Waals surface area contributed by atoms with Gasteiger partial charge in [0.2, 0.25) is 0 Å². The van der Waals surface area contributed by atoms with Crippen LogP contribution in [0, 0.1) is 6.92 Å². The van der Waals surface area contributed by atoms with Gasteiger partial charge in [0.25, 0.3) is 0 Å². The van der Waals surface area contributed by atoms with Crippen LogP contribution < -0.4 is 0 Å². The van der Waals surface area contributed by atoms with Gasteiger partial charge < -0.3 is 9.22 Å². The molecule has 0 atom stereocenters. The standard InChI is InChI=1S/C21H32NO2/c1-4-24-21(23)17-22(13-6-5-7-14-22)15-12-19(3)16-20-10-8-18(2)9-11-20/h8-12H,4-7,13-17H2,1-3H3/q+1/b19-12-. The molecule has 0 saturated carbocycles. The van der Waals surface area contributed by atoms with Crippen molar-refractivity contribution in [2.75, 3.05) is 32.8 Å². The summed E-state index contributed by atoms with van der Waals surface area (Å²) in [6, 6.07) is 8.75. The lowest BCUT2D eigenvalue weighted by atomic mass is 10.0. The second-order valence-corrected chi connectivity index (χ2v) is 7.21. The molecule has 1 aliphatic rings. The van der Waals surface area contributed by atoms with E-state index < -0.39 is 0 Å². The van der Waals surface area contributed by atoms with Crippen LogP contribution in [0.3, 0.4) is 0 Å². The Morgan fingerprint density at radius 3 is 2.46 bits per heavy atom. The van der Waals surface area contributed by atoms with Crippen molar-refractivity contribution in [3.05, 3.63) is 47.0 Å². The molecule has 132 valence electrons. The maximum Gasteiger partial charge on any atom is 0.361 e. The number of aryl methyl sites for hydroxylation is 1. The highest BCUT2D eigenvalue weighted by Crippen LogP contribution is 2.20. The quantitative estimate of drug-likeness (QED) is 0.428. The molecule has 1 aromatic rings. The van der Waals surface area contributed by atoms with Gasteiger partial charge in [0.05, 0.1) is 26.2 Å². The number of quaternary nitrogens is 1. The molecule has 0 radical (unpaired) electrons. The van der Waals surface area contributed by atoms with Gasteiger partial charge in [-0.1, -0.05) is 35.4 Å². The van der Waals surface area contributed by atoms with Crippen molar-refractivity contribution in [1.29, 1.82) is 0 Å². The van der Waals surface area contributed by atoms with Gasteiger partial charge in [-0.2, -0.15) is 0 Å². The Morgan fingerprint density at radius 2 is 1.83 bits per heavy atom. The van der Waals surface area contributed by atoms with Gasteiger partial charge >= 0.3 is 5.97 Å². The van der Waals surface area contributed by atoms with Crippen molar-refractivity contribution in [1.82, 2.24) is 0 Å². The van der Waals surface area contributed by atoms with Crippen LogP contribution in [0.1, 0.15) is 44.2 Å². The Kier molecular flexibility index (Phi) is 7.04. The highest BCUT2D eigenvalue weighted by Gasteiger charge is 2.32. The van der Waals surface area contributed by atoms with Crippen molar-refractivity contribution in [2.45, 2.75) is 46.5 Å². The second kappa shape index (κ2) is 9.03. The summed E-state index contributed by atoms with van der Waals surface area (Å²) in [6.07, 6.45) is 7.04.